The van der Waals surface area contributed by atoms with Crippen molar-refractivity contribution in [2.75, 3.05) is 24.6 Å². The molecule has 4 rings (SSSR count). The average molecular weight is 378 g/mol. The minimum absolute atomic E-state index is 0.0352. The first-order valence-corrected chi connectivity index (χ1v) is 9.73. The van der Waals surface area contributed by atoms with Crippen LogP contribution in [0.1, 0.15) is 38.3 Å². The van der Waals surface area contributed by atoms with E-state index in [1.54, 1.807) is 6.20 Å². The van der Waals surface area contributed by atoms with Crippen LogP contribution in [0.5, 0.6) is 0 Å². The van der Waals surface area contributed by atoms with Crippen molar-refractivity contribution in [1.29, 1.82) is 0 Å². The Hall–Kier alpha value is -3.09. The standard InChI is InChI=1S/C21H26N6O/c1-13(2)20(28)26-11-8-14(9-12-26)18-17-7-10-24-21(23)27(17)19(25-18)15-3-5-16(22)6-4-15/h3-7,10,13-14H,8-9,11-12,22H2,1-2H3,(H2,23,24). The molecule has 1 aliphatic rings. The molecule has 3 heterocycles. The molecule has 1 aromatic carbocycles. The van der Waals surface area contributed by atoms with Crippen molar-refractivity contribution in [2.45, 2.75) is 32.6 Å². The summed E-state index contributed by atoms with van der Waals surface area (Å²) in [6.07, 6.45) is 3.52. The van der Waals surface area contributed by atoms with Gasteiger partial charge in [0, 0.05) is 42.4 Å². The second-order valence-electron chi connectivity index (χ2n) is 7.72. The van der Waals surface area contributed by atoms with Gasteiger partial charge in [0.15, 0.2) is 0 Å². The van der Waals surface area contributed by atoms with Gasteiger partial charge < -0.3 is 16.4 Å². The Morgan fingerprint density at radius 1 is 1.11 bits per heavy atom. The van der Waals surface area contributed by atoms with E-state index in [1.165, 1.54) is 0 Å². The van der Waals surface area contributed by atoms with Crippen LogP contribution in [-0.4, -0.2) is 38.3 Å². The molecule has 1 saturated heterocycles. The van der Waals surface area contributed by atoms with Crippen LogP contribution in [-0.2, 0) is 4.79 Å². The third-order valence-electron chi connectivity index (χ3n) is 5.47. The highest BCUT2D eigenvalue weighted by atomic mass is 16.2. The topological polar surface area (TPSA) is 103 Å². The van der Waals surface area contributed by atoms with Crippen molar-refractivity contribution in [2.24, 2.45) is 5.92 Å². The van der Waals surface area contributed by atoms with Gasteiger partial charge in [0.1, 0.15) is 5.82 Å². The maximum absolute atomic E-state index is 12.3. The number of carbonyl (C=O) groups is 1. The first-order valence-electron chi connectivity index (χ1n) is 9.73. The number of aromatic nitrogens is 3. The molecule has 0 radical (unpaired) electrons. The number of likely N-dealkylation sites (tertiary alicyclic amines) is 1. The van der Waals surface area contributed by atoms with Crippen LogP contribution in [0.3, 0.4) is 0 Å². The molecule has 7 nitrogen and oxygen atoms in total. The van der Waals surface area contributed by atoms with Crippen molar-refractivity contribution in [1.82, 2.24) is 19.3 Å². The number of nitrogens with two attached hydrogens (primary N) is 2. The lowest BCUT2D eigenvalue weighted by molar-refractivity contribution is -0.135. The molecule has 1 aliphatic heterocycles. The zero-order valence-corrected chi connectivity index (χ0v) is 16.3. The highest BCUT2D eigenvalue weighted by molar-refractivity contribution is 5.78. The van der Waals surface area contributed by atoms with Gasteiger partial charge in [-0.05, 0) is 43.2 Å². The molecular weight excluding hydrogens is 352 g/mol. The van der Waals surface area contributed by atoms with Gasteiger partial charge in [-0.3, -0.25) is 9.20 Å². The minimum atomic E-state index is 0.0352. The van der Waals surface area contributed by atoms with E-state index in [1.807, 2.05) is 53.5 Å². The van der Waals surface area contributed by atoms with Crippen LogP contribution >= 0.6 is 0 Å². The lowest BCUT2D eigenvalue weighted by atomic mass is 9.92. The van der Waals surface area contributed by atoms with E-state index >= 15 is 0 Å². The van der Waals surface area contributed by atoms with Gasteiger partial charge >= 0.3 is 0 Å². The van der Waals surface area contributed by atoms with E-state index in [0.717, 1.165) is 48.5 Å². The Morgan fingerprint density at radius 3 is 2.43 bits per heavy atom. The summed E-state index contributed by atoms with van der Waals surface area (Å²) >= 11 is 0. The Balaban J connectivity index is 1.70. The number of fused-ring (bicyclic) bond motifs is 1. The third-order valence-corrected chi connectivity index (χ3v) is 5.47. The quantitative estimate of drug-likeness (QED) is 0.682. The van der Waals surface area contributed by atoms with E-state index in [9.17, 15) is 4.79 Å². The predicted molar refractivity (Wildman–Crippen MR) is 111 cm³/mol. The van der Waals surface area contributed by atoms with E-state index in [0.29, 0.717) is 11.6 Å². The molecule has 28 heavy (non-hydrogen) atoms. The molecule has 1 amide bonds. The molecule has 0 saturated carbocycles. The molecule has 2 aromatic heterocycles. The Labute approximate surface area is 164 Å². The Kier molecular flexibility index (Phi) is 4.66. The van der Waals surface area contributed by atoms with Crippen LogP contribution in [0.2, 0.25) is 0 Å². The van der Waals surface area contributed by atoms with Crippen molar-refractivity contribution in [3.05, 3.63) is 42.2 Å². The second-order valence-corrected chi connectivity index (χ2v) is 7.72. The number of anilines is 2. The lowest BCUT2D eigenvalue weighted by Crippen LogP contribution is -2.40. The largest absolute Gasteiger partial charge is 0.399 e. The summed E-state index contributed by atoms with van der Waals surface area (Å²) in [5, 5.41) is 0. The van der Waals surface area contributed by atoms with Crippen molar-refractivity contribution in [3.8, 4) is 11.4 Å². The van der Waals surface area contributed by atoms with E-state index in [2.05, 4.69) is 4.98 Å². The van der Waals surface area contributed by atoms with Crippen LogP contribution in [0, 0.1) is 5.92 Å². The van der Waals surface area contributed by atoms with Crippen molar-refractivity contribution < 1.29 is 4.79 Å². The maximum atomic E-state index is 12.3. The lowest BCUT2D eigenvalue weighted by Gasteiger charge is -2.32. The van der Waals surface area contributed by atoms with Gasteiger partial charge in [0.05, 0.1) is 11.2 Å². The summed E-state index contributed by atoms with van der Waals surface area (Å²) in [6, 6.07) is 9.58. The van der Waals surface area contributed by atoms with Gasteiger partial charge in [-0.1, -0.05) is 13.8 Å². The smallest absolute Gasteiger partial charge is 0.225 e. The third kappa shape index (κ3) is 3.17. The molecule has 4 N–H and O–H groups in total. The molecule has 7 heteroatoms. The fourth-order valence-corrected chi connectivity index (χ4v) is 3.95. The normalized spacial score (nSPS) is 15.5. The molecule has 0 aliphatic carbocycles. The van der Waals surface area contributed by atoms with Gasteiger partial charge in [0.25, 0.3) is 0 Å². The fourth-order valence-electron chi connectivity index (χ4n) is 3.95. The van der Waals surface area contributed by atoms with Crippen molar-refractivity contribution >= 4 is 23.1 Å². The molecule has 0 bridgehead atoms. The number of nitrogen functional groups attached to an aromatic ring is 2. The average Bonchev–Trinajstić information content (AvgIpc) is 3.09. The van der Waals surface area contributed by atoms with Crippen LogP contribution in [0.25, 0.3) is 16.9 Å². The Morgan fingerprint density at radius 2 is 1.79 bits per heavy atom. The minimum Gasteiger partial charge on any atom is -0.399 e. The summed E-state index contributed by atoms with van der Waals surface area (Å²) in [7, 11) is 0. The molecule has 1 fully saturated rings. The number of imidazole rings is 1. The maximum Gasteiger partial charge on any atom is 0.225 e. The van der Waals surface area contributed by atoms with E-state index < -0.39 is 0 Å². The highest BCUT2D eigenvalue weighted by Crippen LogP contribution is 2.34. The number of hydrogen-bond acceptors (Lipinski definition) is 5. The molecule has 0 atom stereocenters. The fraction of sp³-hybridized carbons (Fsp3) is 0.381. The molecule has 3 aromatic rings. The number of rotatable bonds is 3. The number of benzene rings is 1. The van der Waals surface area contributed by atoms with Gasteiger partial charge in [-0.15, -0.1) is 0 Å². The number of carbonyl (C=O) groups excluding carboxylic acids is 1. The molecule has 0 unspecified atom stereocenters. The van der Waals surface area contributed by atoms with Crippen molar-refractivity contribution in [3.63, 3.8) is 0 Å². The first kappa shape index (κ1) is 18.3. The van der Waals surface area contributed by atoms with E-state index in [-0.39, 0.29) is 17.7 Å². The summed E-state index contributed by atoms with van der Waals surface area (Å²) in [6.45, 7) is 5.43. The van der Waals surface area contributed by atoms with Gasteiger partial charge in [-0.25, -0.2) is 9.97 Å². The van der Waals surface area contributed by atoms with Gasteiger partial charge in [-0.2, -0.15) is 0 Å². The summed E-state index contributed by atoms with van der Waals surface area (Å²) in [5.74, 6) is 1.74. The molecule has 146 valence electrons. The Bertz CT molecular complexity index is 1000. The molecule has 0 spiro atoms. The SMILES string of the molecule is CC(C)C(=O)N1CCC(c2nc(-c3ccc(N)cc3)n3c(N)nccc23)CC1. The first-order chi connectivity index (χ1) is 13.5. The predicted octanol–water partition coefficient (Wildman–Crippen LogP) is 2.92. The zero-order chi connectivity index (χ0) is 19.8. The number of nitrogens with zero attached hydrogens (tertiary/aromatic N) is 4. The zero-order valence-electron chi connectivity index (χ0n) is 16.3. The monoisotopic (exact) mass is 378 g/mol. The number of piperidine rings is 1. The van der Waals surface area contributed by atoms with E-state index in [4.69, 9.17) is 16.5 Å². The molecular formula is C21H26N6O. The van der Waals surface area contributed by atoms with Crippen LogP contribution < -0.4 is 11.5 Å². The summed E-state index contributed by atoms with van der Waals surface area (Å²) in [5.41, 5.74) is 15.7. The van der Waals surface area contributed by atoms with Crippen LogP contribution in [0.15, 0.2) is 36.5 Å². The van der Waals surface area contributed by atoms with Gasteiger partial charge in [0.2, 0.25) is 11.9 Å². The number of amides is 1. The summed E-state index contributed by atoms with van der Waals surface area (Å²) < 4.78 is 1.91. The summed E-state index contributed by atoms with van der Waals surface area (Å²) in [4.78, 5) is 23.5. The highest BCUT2D eigenvalue weighted by Gasteiger charge is 2.28. The van der Waals surface area contributed by atoms with Crippen LogP contribution in [0.4, 0.5) is 11.6 Å². The number of hydrogen-bond donors (Lipinski definition) is 2. The second kappa shape index (κ2) is 7.14.